The molecule has 5 rings (SSSR count). The van der Waals surface area contributed by atoms with Crippen molar-refractivity contribution < 1.29 is 17.6 Å². The Balaban J connectivity index is 1.46. The number of aryl methyl sites for hydroxylation is 1. The highest BCUT2D eigenvalue weighted by molar-refractivity contribution is 7.92. The topological polar surface area (TPSA) is 96.7 Å². The maximum Gasteiger partial charge on any atom is 0.261 e. The Morgan fingerprint density at radius 2 is 1.88 bits per heavy atom. The van der Waals surface area contributed by atoms with Crippen LogP contribution < -0.4 is 4.72 Å². The Morgan fingerprint density at radius 1 is 1.09 bits per heavy atom. The van der Waals surface area contributed by atoms with Crippen LogP contribution in [0.1, 0.15) is 40.6 Å². The van der Waals surface area contributed by atoms with Crippen LogP contribution in [0, 0.1) is 12.7 Å². The molecule has 1 saturated heterocycles. The summed E-state index contributed by atoms with van der Waals surface area (Å²) >= 11 is 0. The average molecular weight is 480 g/mol. The minimum absolute atomic E-state index is 0.0468. The number of carbonyl (C=O) groups is 1. The number of amides is 1. The molecule has 174 valence electrons. The second-order valence-corrected chi connectivity index (χ2v) is 9.92. The van der Waals surface area contributed by atoms with Gasteiger partial charge in [-0.2, -0.15) is 0 Å². The SMILES string of the molecule is Cc1ccc(S(=O)(=O)Nc2ccc(F)cc2)cc1C(=O)N1CCC[C@H]1c1nnc2ccccn12. The Hall–Kier alpha value is -3.79. The number of aromatic nitrogens is 3. The second-order valence-electron chi connectivity index (χ2n) is 8.23. The number of anilines is 1. The van der Waals surface area contributed by atoms with Crippen molar-refractivity contribution in [2.24, 2.45) is 0 Å². The van der Waals surface area contributed by atoms with Crippen LogP contribution in [0.3, 0.4) is 0 Å². The van der Waals surface area contributed by atoms with Crippen molar-refractivity contribution in [2.75, 3.05) is 11.3 Å². The molecule has 0 bridgehead atoms. The van der Waals surface area contributed by atoms with Crippen LogP contribution in [0.5, 0.6) is 0 Å². The van der Waals surface area contributed by atoms with Crippen molar-refractivity contribution in [3.63, 3.8) is 0 Å². The van der Waals surface area contributed by atoms with E-state index in [1.165, 1.54) is 36.4 Å². The van der Waals surface area contributed by atoms with E-state index in [0.29, 0.717) is 29.1 Å². The number of fused-ring (bicyclic) bond motifs is 1. The summed E-state index contributed by atoms with van der Waals surface area (Å²) in [4.78, 5) is 15.3. The molecule has 0 radical (unpaired) electrons. The lowest BCUT2D eigenvalue weighted by molar-refractivity contribution is 0.0728. The summed E-state index contributed by atoms with van der Waals surface area (Å²) in [6.45, 7) is 2.31. The number of halogens is 1. The Kier molecular flexibility index (Phi) is 5.52. The average Bonchev–Trinajstić information content (AvgIpc) is 3.47. The maximum atomic E-state index is 13.6. The summed E-state index contributed by atoms with van der Waals surface area (Å²) in [5.41, 5.74) is 1.91. The number of nitrogens with one attached hydrogen (secondary N) is 1. The number of hydrogen-bond donors (Lipinski definition) is 1. The number of rotatable bonds is 5. The molecule has 3 heterocycles. The van der Waals surface area contributed by atoms with Gasteiger partial charge in [0.25, 0.3) is 15.9 Å². The van der Waals surface area contributed by atoms with Gasteiger partial charge >= 0.3 is 0 Å². The number of nitrogens with zero attached hydrogens (tertiary/aromatic N) is 4. The van der Waals surface area contributed by atoms with Crippen molar-refractivity contribution >= 4 is 27.3 Å². The van der Waals surface area contributed by atoms with Crippen molar-refractivity contribution in [3.05, 3.63) is 89.6 Å². The molecule has 10 heteroatoms. The molecule has 34 heavy (non-hydrogen) atoms. The second kappa shape index (κ2) is 8.53. The van der Waals surface area contributed by atoms with Gasteiger partial charge in [-0.25, -0.2) is 12.8 Å². The van der Waals surface area contributed by atoms with Crippen LogP contribution in [-0.2, 0) is 10.0 Å². The van der Waals surface area contributed by atoms with Crippen molar-refractivity contribution in [3.8, 4) is 0 Å². The maximum absolute atomic E-state index is 13.6. The van der Waals surface area contributed by atoms with Crippen LogP contribution in [0.4, 0.5) is 10.1 Å². The summed E-state index contributed by atoms with van der Waals surface area (Å²) in [5.74, 6) is -0.0424. The highest BCUT2D eigenvalue weighted by Crippen LogP contribution is 2.33. The van der Waals surface area contributed by atoms with E-state index in [4.69, 9.17) is 0 Å². The van der Waals surface area contributed by atoms with Gasteiger partial charge in [0.15, 0.2) is 11.5 Å². The largest absolute Gasteiger partial charge is 0.328 e. The first-order chi connectivity index (χ1) is 16.3. The normalized spacial score (nSPS) is 16.2. The van der Waals surface area contributed by atoms with E-state index < -0.39 is 15.8 Å². The van der Waals surface area contributed by atoms with Gasteiger partial charge in [-0.3, -0.25) is 13.9 Å². The standard InChI is InChI=1S/C24H22FN5O3S/c1-16-7-12-19(34(32,33)28-18-10-8-17(25)9-11-18)15-20(16)24(31)29-14-4-5-21(29)23-27-26-22-6-2-3-13-30(22)23/h2-3,6-13,15,21,28H,4-5,14H2,1H3/t21-/m0/s1. The van der Waals surface area contributed by atoms with Crippen LogP contribution in [-0.4, -0.2) is 40.4 Å². The zero-order chi connectivity index (χ0) is 23.9. The van der Waals surface area contributed by atoms with E-state index in [1.54, 1.807) is 17.9 Å². The van der Waals surface area contributed by atoms with Gasteiger partial charge in [0.05, 0.1) is 10.9 Å². The Bertz CT molecular complexity index is 1480. The van der Waals surface area contributed by atoms with Crippen molar-refractivity contribution in [1.82, 2.24) is 19.5 Å². The zero-order valence-electron chi connectivity index (χ0n) is 18.3. The van der Waals surface area contributed by atoms with Crippen LogP contribution in [0.2, 0.25) is 0 Å². The van der Waals surface area contributed by atoms with Crippen LogP contribution in [0.25, 0.3) is 5.65 Å². The number of likely N-dealkylation sites (tertiary alicyclic amines) is 1. The molecular formula is C24H22FN5O3S. The number of hydrogen-bond acceptors (Lipinski definition) is 5. The number of sulfonamides is 1. The molecule has 1 amide bonds. The monoisotopic (exact) mass is 479 g/mol. The predicted octanol–water partition coefficient (Wildman–Crippen LogP) is 3.95. The summed E-state index contributed by atoms with van der Waals surface area (Å²) in [7, 11) is -3.98. The van der Waals surface area contributed by atoms with E-state index in [0.717, 1.165) is 12.8 Å². The van der Waals surface area contributed by atoms with Crippen molar-refractivity contribution in [1.29, 1.82) is 0 Å². The quantitative estimate of drug-likeness (QED) is 0.468. The lowest BCUT2D eigenvalue weighted by Gasteiger charge is -2.24. The first kappa shape index (κ1) is 22.0. The zero-order valence-corrected chi connectivity index (χ0v) is 19.2. The number of pyridine rings is 1. The molecule has 8 nitrogen and oxygen atoms in total. The lowest BCUT2D eigenvalue weighted by atomic mass is 10.1. The van der Waals surface area contributed by atoms with E-state index >= 15 is 0 Å². The van der Waals surface area contributed by atoms with Crippen molar-refractivity contribution in [2.45, 2.75) is 30.7 Å². The van der Waals surface area contributed by atoms with Gasteiger partial charge in [-0.15, -0.1) is 10.2 Å². The molecule has 1 atom stereocenters. The molecule has 0 saturated carbocycles. The molecule has 4 aromatic rings. The molecular weight excluding hydrogens is 457 g/mol. The molecule has 1 aliphatic rings. The summed E-state index contributed by atoms with van der Waals surface area (Å²) in [6.07, 6.45) is 3.41. The third-order valence-corrected chi connectivity index (χ3v) is 7.38. The first-order valence-electron chi connectivity index (χ1n) is 10.8. The lowest BCUT2D eigenvalue weighted by Crippen LogP contribution is -2.32. The highest BCUT2D eigenvalue weighted by Gasteiger charge is 2.34. The molecule has 2 aromatic carbocycles. The summed E-state index contributed by atoms with van der Waals surface area (Å²) in [6, 6.07) is 14.8. The fourth-order valence-electron chi connectivity index (χ4n) is 4.25. The smallest absolute Gasteiger partial charge is 0.261 e. The highest BCUT2D eigenvalue weighted by atomic mass is 32.2. The van der Waals surface area contributed by atoms with Gasteiger partial charge in [-0.05, 0) is 73.9 Å². The molecule has 1 aliphatic heterocycles. The molecule has 0 spiro atoms. The summed E-state index contributed by atoms with van der Waals surface area (Å²) in [5, 5.41) is 8.53. The van der Waals surface area contributed by atoms with Crippen LogP contribution >= 0.6 is 0 Å². The van der Waals surface area contributed by atoms with E-state index in [2.05, 4.69) is 14.9 Å². The third-order valence-electron chi connectivity index (χ3n) is 6.00. The van der Waals surface area contributed by atoms with Gasteiger partial charge in [0.2, 0.25) is 0 Å². The van der Waals surface area contributed by atoms with Gasteiger partial charge < -0.3 is 4.90 Å². The predicted molar refractivity (Wildman–Crippen MR) is 124 cm³/mol. The molecule has 1 fully saturated rings. The fraction of sp³-hybridized carbons (Fsp3) is 0.208. The first-order valence-corrected chi connectivity index (χ1v) is 12.3. The van der Waals surface area contributed by atoms with Gasteiger partial charge in [0.1, 0.15) is 5.82 Å². The van der Waals surface area contributed by atoms with E-state index in [9.17, 15) is 17.6 Å². The molecule has 0 unspecified atom stereocenters. The summed E-state index contributed by atoms with van der Waals surface area (Å²) < 4.78 is 43.3. The fourth-order valence-corrected chi connectivity index (χ4v) is 5.34. The minimum atomic E-state index is -3.98. The van der Waals surface area contributed by atoms with Crippen LogP contribution in [0.15, 0.2) is 71.8 Å². The molecule has 1 N–H and O–H groups in total. The molecule has 0 aliphatic carbocycles. The van der Waals surface area contributed by atoms with E-state index in [1.807, 2.05) is 28.8 Å². The van der Waals surface area contributed by atoms with E-state index in [-0.39, 0.29) is 22.5 Å². The Labute approximate surface area is 196 Å². The number of carbonyl (C=O) groups excluding carboxylic acids is 1. The Morgan fingerprint density at radius 3 is 2.68 bits per heavy atom. The van der Waals surface area contributed by atoms with Gasteiger partial charge in [0, 0.05) is 24.0 Å². The third kappa shape index (κ3) is 4.01. The molecule has 2 aromatic heterocycles. The van der Waals surface area contributed by atoms with Gasteiger partial charge in [-0.1, -0.05) is 12.1 Å². The number of benzene rings is 2. The minimum Gasteiger partial charge on any atom is -0.328 e.